The summed E-state index contributed by atoms with van der Waals surface area (Å²) < 4.78 is 26.2. The second-order valence-corrected chi connectivity index (χ2v) is 12.4. The maximum atomic E-state index is 13.5. The van der Waals surface area contributed by atoms with Crippen molar-refractivity contribution in [2.45, 2.75) is 72.0 Å². The van der Waals surface area contributed by atoms with Gasteiger partial charge < -0.3 is 10.2 Å². The van der Waals surface area contributed by atoms with Crippen LogP contribution in [0.4, 0.5) is 5.69 Å². The number of hydrogen-bond donors (Lipinski definition) is 1. The van der Waals surface area contributed by atoms with Gasteiger partial charge in [-0.25, -0.2) is 8.42 Å². The number of benzene rings is 2. The fraction of sp³-hybridized carbons (Fsp3) is 0.481. The molecule has 0 saturated carbocycles. The van der Waals surface area contributed by atoms with E-state index in [0.717, 1.165) is 17.4 Å². The van der Waals surface area contributed by atoms with Gasteiger partial charge in [-0.15, -0.1) is 0 Å². The van der Waals surface area contributed by atoms with Crippen LogP contribution < -0.4 is 9.62 Å². The smallest absolute Gasteiger partial charge is 0.243 e. The lowest BCUT2D eigenvalue weighted by Crippen LogP contribution is -2.53. The van der Waals surface area contributed by atoms with Crippen molar-refractivity contribution in [1.82, 2.24) is 10.2 Å². The van der Waals surface area contributed by atoms with Crippen LogP contribution in [-0.4, -0.2) is 49.5 Å². The number of carbonyl (C=O) groups excluding carboxylic acids is 2. The summed E-state index contributed by atoms with van der Waals surface area (Å²) in [6, 6.07) is 13.8. The Morgan fingerprint density at radius 1 is 1.08 bits per heavy atom. The number of hydrogen-bond acceptors (Lipinski definition) is 4. The first-order chi connectivity index (χ1) is 16.7. The maximum absolute atomic E-state index is 13.5. The van der Waals surface area contributed by atoms with Crippen molar-refractivity contribution in [3.05, 3.63) is 64.7 Å². The summed E-state index contributed by atoms with van der Waals surface area (Å²) in [5.74, 6) is -0.427. The van der Waals surface area contributed by atoms with Crippen molar-refractivity contribution in [3.63, 3.8) is 0 Å². The number of carbonyl (C=O) groups is 2. The molecule has 198 valence electrons. The zero-order valence-corrected chi connectivity index (χ0v) is 23.6. The first-order valence-corrected chi connectivity index (χ1v) is 14.3. The largest absolute Gasteiger partial charge is 0.350 e. The Balaban J connectivity index is 2.23. The van der Waals surface area contributed by atoms with Crippen LogP contribution in [0.25, 0.3) is 0 Å². The minimum Gasteiger partial charge on any atom is -0.350 e. The molecule has 7 nitrogen and oxygen atoms in total. The molecule has 2 amide bonds. The Morgan fingerprint density at radius 3 is 2.25 bits per heavy atom. The van der Waals surface area contributed by atoms with Gasteiger partial charge in [0.05, 0.1) is 11.9 Å². The van der Waals surface area contributed by atoms with Crippen LogP contribution in [0.2, 0.25) is 5.02 Å². The number of rotatable bonds is 11. The molecule has 0 radical (unpaired) electrons. The van der Waals surface area contributed by atoms with Crippen molar-refractivity contribution in [3.8, 4) is 0 Å². The van der Waals surface area contributed by atoms with Gasteiger partial charge in [-0.1, -0.05) is 42.8 Å². The van der Waals surface area contributed by atoms with E-state index in [1.54, 1.807) is 29.2 Å². The van der Waals surface area contributed by atoms with Gasteiger partial charge in [0.1, 0.15) is 6.04 Å². The summed E-state index contributed by atoms with van der Waals surface area (Å²) in [4.78, 5) is 28.1. The highest BCUT2D eigenvalue weighted by atomic mass is 35.5. The maximum Gasteiger partial charge on any atom is 0.243 e. The minimum atomic E-state index is -3.53. The zero-order chi connectivity index (χ0) is 27.1. The Kier molecular flexibility index (Phi) is 10.4. The summed E-state index contributed by atoms with van der Waals surface area (Å²) in [5, 5.41) is 3.57. The standard InChI is InChI=1S/C27H38ClN3O4S/c1-7-24(26(33)29-27(3,4)5)30(19-21-13-15-22(28)16-14-21)25(32)12-9-17-31(36(6,34)35)23-11-8-10-20(2)18-23/h8,10-11,13-16,18,24H,7,9,12,17,19H2,1-6H3,(H,29,33). The van der Waals surface area contributed by atoms with E-state index in [9.17, 15) is 18.0 Å². The van der Waals surface area contributed by atoms with E-state index in [2.05, 4.69) is 5.32 Å². The van der Waals surface area contributed by atoms with Gasteiger partial charge >= 0.3 is 0 Å². The number of aryl methyl sites for hydroxylation is 1. The number of halogens is 1. The summed E-state index contributed by atoms with van der Waals surface area (Å²) >= 11 is 6.02. The Bertz CT molecular complexity index is 1140. The van der Waals surface area contributed by atoms with Gasteiger partial charge in [-0.05, 0) is 75.9 Å². The van der Waals surface area contributed by atoms with Crippen LogP contribution in [0.1, 0.15) is 58.1 Å². The summed E-state index contributed by atoms with van der Waals surface area (Å²) in [7, 11) is -3.53. The molecule has 36 heavy (non-hydrogen) atoms. The monoisotopic (exact) mass is 535 g/mol. The molecule has 1 unspecified atom stereocenters. The molecule has 0 fully saturated rings. The van der Waals surface area contributed by atoms with Crippen molar-refractivity contribution in [1.29, 1.82) is 0 Å². The van der Waals surface area contributed by atoms with Gasteiger partial charge in [0.25, 0.3) is 0 Å². The molecule has 2 aromatic carbocycles. The second-order valence-electron chi connectivity index (χ2n) is 10.1. The molecule has 2 rings (SSSR count). The lowest BCUT2D eigenvalue weighted by atomic mass is 10.0. The number of sulfonamides is 1. The van der Waals surface area contributed by atoms with Crippen molar-refractivity contribution < 1.29 is 18.0 Å². The van der Waals surface area contributed by atoms with Crippen LogP contribution in [0, 0.1) is 6.92 Å². The number of nitrogens with one attached hydrogen (secondary N) is 1. The highest BCUT2D eigenvalue weighted by molar-refractivity contribution is 7.92. The summed E-state index contributed by atoms with van der Waals surface area (Å²) in [6.45, 7) is 9.87. The highest BCUT2D eigenvalue weighted by Gasteiger charge is 2.30. The molecule has 0 heterocycles. The molecule has 0 bridgehead atoms. The SMILES string of the molecule is CCC(C(=O)NC(C)(C)C)N(Cc1ccc(Cl)cc1)C(=O)CCCN(c1cccc(C)c1)S(C)(=O)=O. The molecular weight excluding hydrogens is 498 g/mol. The number of anilines is 1. The molecule has 1 N–H and O–H groups in total. The fourth-order valence-corrected chi connectivity index (χ4v) is 5.03. The van der Waals surface area contributed by atoms with Gasteiger partial charge in [0.2, 0.25) is 21.8 Å². The zero-order valence-electron chi connectivity index (χ0n) is 22.0. The van der Waals surface area contributed by atoms with Crippen LogP contribution >= 0.6 is 11.6 Å². The highest BCUT2D eigenvalue weighted by Crippen LogP contribution is 2.21. The van der Waals surface area contributed by atoms with E-state index < -0.39 is 21.6 Å². The van der Waals surface area contributed by atoms with Gasteiger partial charge in [-0.2, -0.15) is 0 Å². The quantitative estimate of drug-likeness (QED) is 0.442. The average Bonchev–Trinajstić information content (AvgIpc) is 2.75. The minimum absolute atomic E-state index is 0.102. The Morgan fingerprint density at radius 2 is 1.72 bits per heavy atom. The summed E-state index contributed by atoms with van der Waals surface area (Å²) in [6.07, 6.45) is 2.02. The molecule has 0 saturated heterocycles. The van der Waals surface area contributed by atoms with Crippen LogP contribution in [-0.2, 0) is 26.2 Å². The van der Waals surface area contributed by atoms with Crippen molar-refractivity contribution in [2.24, 2.45) is 0 Å². The molecule has 0 aliphatic rings. The van der Waals surface area contributed by atoms with Gasteiger partial charge in [0, 0.05) is 30.1 Å². The molecule has 0 aliphatic heterocycles. The Labute approximate surface area is 220 Å². The average molecular weight is 536 g/mol. The third kappa shape index (κ3) is 9.13. The summed E-state index contributed by atoms with van der Waals surface area (Å²) in [5.41, 5.74) is 1.93. The second kappa shape index (κ2) is 12.6. The fourth-order valence-electron chi connectivity index (χ4n) is 3.95. The lowest BCUT2D eigenvalue weighted by Gasteiger charge is -2.33. The molecule has 9 heteroatoms. The van der Waals surface area contributed by atoms with Crippen molar-refractivity contribution >= 4 is 39.1 Å². The predicted molar refractivity (Wildman–Crippen MR) is 147 cm³/mol. The third-order valence-electron chi connectivity index (χ3n) is 5.59. The molecular formula is C27H38ClN3O4S. The number of nitrogens with zero attached hydrogens (tertiary/aromatic N) is 2. The predicted octanol–water partition coefficient (Wildman–Crippen LogP) is 4.92. The van der Waals surface area contributed by atoms with E-state index in [0.29, 0.717) is 23.6 Å². The first-order valence-electron chi connectivity index (χ1n) is 12.1. The van der Waals surface area contributed by atoms with Crippen molar-refractivity contribution in [2.75, 3.05) is 17.1 Å². The molecule has 0 aromatic heterocycles. The van der Waals surface area contributed by atoms with Gasteiger partial charge in [-0.3, -0.25) is 13.9 Å². The Hall–Kier alpha value is -2.58. The first kappa shape index (κ1) is 29.6. The van der Waals surface area contributed by atoms with E-state index in [1.165, 1.54) is 4.31 Å². The van der Waals surface area contributed by atoms with Crippen LogP contribution in [0.3, 0.4) is 0 Å². The number of amides is 2. The molecule has 2 aromatic rings. The topological polar surface area (TPSA) is 86.8 Å². The van der Waals surface area contributed by atoms with E-state index in [4.69, 9.17) is 11.6 Å². The lowest BCUT2D eigenvalue weighted by molar-refractivity contribution is -0.142. The third-order valence-corrected chi connectivity index (χ3v) is 7.04. The molecule has 0 aliphatic carbocycles. The van der Waals surface area contributed by atoms with E-state index >= 15 is 0 Å². The molecule has 0 spiro atoms. The normalized spacial score (nSPS) is 12.6. The van der Waals surface area contributed by atoms with Crippen LogP contribution in [0.15, 0.2) is 48.5 Å². The van der Waals surface area contributed by atoms with Crippen LogP contribution in [0.5, 0.6) is 0 Å². The van der Waals surface area contributed by atoms with Gasteiger partial charge in [0.15, 0.2) is 0 Å². The van der Waals surface area contributed by atoms with E-state index in [-0.39, 0.29) is 31.3 Å². The van der Waals surface area contributed by atoms with E-state index in [1.807, 2.05) is 58.9 Å². The molecule has 1 atom stereocenters.